The first-order valence-electron chi connectivity index (χ1n) is 5.19. The Morgan fingerprint density at radius 3 is 3.33 bits per heavy atom. The molecule has 2 rings (SSSR count). The third-order valence-electron chi connectivity index (χ3n) is 2.72. The minimum absolute atomic E-state index is 0.0563. The van der Waals surface area contributed by atoms with E-state index in [-0.39, 0.29) is 11.9 Å². The van der Waals surface area contributed by atoms with Crippen molar-refractivity contribution in [2.24, 2.45) is 5.92 Å². The molecule has 1 aromatic rings. The molecule has 1 aromatic heterocycles. The predicted octanol–water partition coefficient (Wildman–Crippen LogP) is 0.591. The molecule has 2 N–H and O–H groups in total. The lowest BCUT2D eigenvalue weighted by molar-refractivity contribution is -0.148. The van der Waals surface area contributed by atoms with E-state index in [1.165, 1.54) is 0 Å². The summed E-state index contributed by atoms with van der Waals surface area (Å²) in [5.41, 5.74) is 5.73. The van der Waals surface area contributed by atoms with E-state index in [9.17, 15) is 4.79 Å². The van der Waals surface area contributed by atoms with Crippen LogP contribution in [0.1, 0.15) is 19.2 Å². The first kappa shape index (κ1) is 10.0. The summed E-state index contributed by atoms with van der Waals surface area (Å²) in [6, 6.07) is 0. The Hall–Kier alpha value is -1.52. The average molecular weight is 209 g/mol. The second-order valence-electron chi connectivity index (χ2n) is 3.69. The maximum absolute atomic E-state index is 11.5. The number of hydrogen-bond donors (Lipinski definition) is 1. The topological polar surface area (TPSA) is 70.1 Å². The number of carbonyl (C=O) groups excluding carboxylic acids is 1. The summed E-state index contributed by atoms with van der Waals surface area (Å²) in [6.45, 7) is 3.01. The molecular formula is C10H15N3O2. The van der Waals surface area contributed by atoms with E-state index in [0.717, 1.165) is 18.8 Å². The maximum Gasteiger partial charge on any atom is 0.309 e. The molecule has 0 saturated heterocycles. The summed E-state index contributed by atoms with van der Waals surface area (Å²) < 4.78 is 6.95. The number of nitrogens with zero attached hydrogens (tertiary/aromatic N) is 2. The molecule has 0 radical (unpaired) electrons. The molecule has 0 fully saturated rings. The zero-order valence-electron chi connectivity index (χ0n) is 8.77. The molecule has 0 aromatic carbocycles. The van der Waals surface area contributed by atoms with Crippen LogP contribution in [0.3, 0.4) is 0 Å². The second-order valence-corrected chi connectivity index (χ2v) is 3.69. The van der Waals surface area contributed by atoms with Crippen LogP contribution in [0.4, 0.5) is 5.82 Å². The quantitative estimate of drug-likeness (QED) is 0.724. The molecule has 1 aliphatic heterocycles. The number of nitrogen functional groups attached to an aromatic ring is 1. The SMILES string of the molecule is CCOC(=O)C1CCn2c(N)cnc2C1. The van der Waals surface area contributed by atoms with Crippen molar-refractivity contribution in [1.29, 1.82) is 0 Å². The van der Waals surface area contributed by atoms with Crippen molar-refractivity contribution in [3.63, 3.8) is 0 Å². The first-order chi connectivity index (χ1) is 7.22. The molecule has 0 amide bonds. The predicted molar refractivity (Wildman–Crippen MR) is 55.1 cm³/mol. The monoisotopic (exact) mass is 209 g/mol. The van der Waals surface area contributed by atoms with E-state index in [2.05, 4.69) is 4.98 Å². The van der Waals surface area contributed by atoms with Crippen molar-refractivity contribution >= 4 is 11.8 Å². The van der Waals surface area contributed by atoms with Crippen LogP contribution in [0.5, 0.6) is 0 Å². The molecular weight excluding hydrogens is 194 g/mol. The molecule has 82 valence electrons. The van der Waals surface area contributed by atoms with Crippen LogP contribution >= 0.6 is 0 Å². The number of rotatable bonds is 2. The Kier molecular flexibility index (Phi) is 2.62. The van der Waals surface area contributed by atoms with Gasteiger partial charge >= 0.3 is 5.97 Å². The second kappa shape index (κ2) is 3.92. The van der Waals surface area contributed by atoms with Gasteiger partial charge in [0.25, 0.3) is 0 Å². The number of nitrogens with two attached hydrogens (primary N) is 1. The smallest absolute Gasteiger partial charge is 0.309 e. The van der Waals surface area contributed by atoms with Gasteiger partial charge in [0, 0.05) is 13.0 Å². The van der Waals surface area contributed by atoms with Gasteiger partial charge in [-0.25, -0.2) is 4.98 Å². The summed E-state index contributed by atoms with van der Waals surface area (Å²) in [7, 11) is 0. The number of esters is 1. The van der Waals surface area contributed by atoms with Gasteiger partial charge in [-0.3, -0.25) is 4.79 Å². The minimum atomic E-state index is -0.120. The highest BCUT2D eigenvalue weighted by Crippen LogP contribution is 2.23. The van der Waals surface area contributed by atoms with E-state index in [0.29, 0.717) is 18.8 Å². The lowest BCUT2D eigenvalue weighted by Gasteiger charge is -2.22. The Bertz CT molecular complexity index is 373. The van der Waals surface area contributed by atoms with Crippen molar-refractivity contribution in [2.75, 3.05) is 12.3 Å². The van der Waals surface area contributed by atoms with Crippen LogP contribution in [0.2, 0.25) is 0 Å². The lowest BCUT2D eigenvalue weighted by atomic mass is 9.98. The Morgan fingerprint density at radius 1 is 1.80 bits per heavy atom. The van der Waals surface area contributed by atoms with Gasteiger partial charge in [0.1, 0.15) is 11.6 Å². The fraction of sp³-hybridized carbons (Fsp3) is 0.600. The van der Waals surface area contributed by atoms with Crippen LogP contribution in [0.15, 0.2) is 6.20 Å². The van der Waals surface area contributed by atoms with Gasteiger partial charge < -0.3 is 15.0 Å². The normalized spacial score (nSPS) is 19.7. The number of anilines is 1. The van der Waals surface area contributed by atoms with Crippen molar-refractivity contribution in [2.45, 2.75) is 26.3 Å². The van der Waals surface area contributed by atoms with Crippen LogP contribution in [0.25, 0.3) is 0 Å². The average Bonchev–Trinajstić information content (AvgIpc) is 2.60. The summed E-state index contributed by atoms with van der Waals surface area (Å²) >= 11 is 0. The summed E-state index contributed by atoms with van der Waals surface area (Å²) in [4.78, 5) is 15.7. The first-order valence-corrected chi connectivity index (χ1v) is 5.19. The van der Waals surface area contributed by atoms with Crippen molar-refractivity contribution < 1.29 is 9.53 Å². The van der Waals surface area contributed by atoms with Gasteiger partial charge in [0.05, 0.1) is 18.7 Å². The maximum atomic E-state index is 11.5. The number of imidazole rings is 1. The molecule has 1 aliphatic rings. The van der Waals surface area contributed by atoms with Gasteiger partial charge in [-0.2, -0.15) is 0 Å². The molecule has 0 spiro atoms. The molecule has 15 heavy (non-hydrogen) atoms. The van der Waals surface area contributed by atoms with Crippen LogP contribution < -0.4 is 5.73 Å². The Labute approximate surface area is 88.2 Å². The van der Waals surface area contributed by atoms with Crippen molar-refractivity contribution in [1.82, 2.24) is 9.55 Å². The van der Waals surface area contributed by atoms with Gasteiger partial charge in [0.15, 0.2) is 0 Å². The molecule has 0 saturated carbocycles. The Balaban J connectivity index is 2.09. The van der Waals surface area contributed by atoms with Gasteiger partial charge in [-0.1, -0.05) is 0 Å². The molecule has 1 atom stereocenters. The van der Waals surface area contributed by atoms with E-state index in [4.69, 9.17) is 10.5 Å². The molecule has 5 nitrogen and oxygen atoms in total. The van der Waals surface area contributed by atoms with Crippen LogP contribution in [-0.4, -0.2) is 22.1 Å². The number of carbonyl (C=O) groups is 1. The molecule has 1 unspecified atom stereocenters. The number of aromatic nitrogens is 2. The molecule has 2 heterocycles. The van der Waals surface area contributed by atoms with E-state index < -0.39 is 0 Å². The van der Waals surface area contributed by atoms with Crippen LogP contribution in [-0.2, 0) is 22.5 Å². The summed E-state index contributed by atoms with van der Waals surface area (Å²) in [6.07, 6.45) is 3.06. The van der Waals surface area contributed by atoms with Gasteiger partial charge in [-0.15, -0.1) is 0 Å². The van der Waals surface area contributed by atoms with Gasteiger partial charge in [-0.05, 0) is 13.3 Å². The molecule has 0 bridgehead atoms. The van der Waals surface area contributed by atoms with E-state index in [1.807, 2.05) is 11.5 Å². The third-order valence-corrected chi connectivity index (χ3v) is 2.72. The zero-order chi connectivity index (χ0) is 10.8. The highest BCUT2D eigenvalue weighted by atomic mass is 16.5. The highest BCUT2D eigenvalue weighted by molar-refractivity contribution is 5.72. The highest BCUT2D eigenvalue weighted by Gasteiger charge is 2.27. The number of ether oxygens (including phenoxy) is 1. The van der Waals surface area contributed by atoms with Crippen molar-refractivity contribution in [3.05, 3.63) is 12.0 Å². The van der Waals surface area contributed by atoms with E-state index in [1.54, 1.807) is 6.20 Å². The van der Waals surface area contributed by atoms with Crippen LogP contribution in [0, 0.1) is 5.92 Å². The minimum Gasteiger partial charge on any atom is -0.466 e. The standard InChI is InChI=1S/C10H15N3O2/c1-2-15-10(14)7-3-4-13-8(11)6-12-9(13)5-7/h6-7H,2-5,11H2,1H3. The van der Waals surface area contributed by atoms with Gasteiger partial charge in [0.2, 0.25) is 0 Å². The summed E-state index contributed by atoms with van der Waals surface area (Å²) in [5.74, 6) is 1.38. The number of fused-ring (bicyclic) bond motifs is 1. The molecule has 5 heteroatoms. The fourth-order valence-electron chi connectivity index (χ4n) is 1.92. The zero-order valence-corrected chi connectivity index (χ0v) is 8.77. The lowest BCUT2D eigenvalue weighted by Crippen LogP contribution is -2.28. The fourth-order valence-corrected chi connectivity index (χ4v) is 1.92. The third kappa shape index (κ3) is 1.82. The van der Waals surface area contributed by atoms with Crippen molar-refractivity contribution in [3.8, 4) is 0 Å². The largest absolute Gasteiger partial charge is 0.466 e. The summed E-state index contributed by atoms with van der Waals surface area (Å²) in [5, 5.41) is 0. The Morgan fingerprint density at radius 2 is 2.60 bits per heavy atom. The van der Waals surface area contributed by atoms with E-state index >= 15 is 0 Å². The molecule has 0 aliphatic carbocycles. The number of hydrogen-bond acceptors (Lipinski definition) is 4.